The van der Waals surface area contributed by atoms with E-state index in [1.165, 1.54) is 12.8 Å². The topological polar surface area (TPSA) is 69.0 Å². The minimum absolute atomic E-state index is 0.0943. The molecule has 1 fully saturated rings. The number of nitrogens with zero attached hydrogens (tertiary/aromatic N) is 3. The molecule has 2 aromatic heterocycles. The molecule has 24 heavy (non-hydrogen) atoms. The maximum absolute atomic E-state index is 11.7. The van der Waals surface area contributed by atoms with Gasteiger partial charge in [0.05, 0.1) is 24.0 Å². The Balaban J connectivity index is 1.77. The molecular weight excluding hydrogens is 304 g/mol. The number of nitrogens with one attached hydrogen (secondary N) is 1. The quantitative estimate of drug-likeness (QED) is 0.848. The van der Waals surface area contributed by atoms with E-state index in [0.717, 1.165) is 29.8 Å². The Morgan fingerprint density at radius 2 is 2.08 bits per heavy atom. The van der Waals surface area contributed by atoms with Gasteiger partial charge in [-0.2, -0.15) is 5.10 Å². The molecular formula is C18H24N4O2. The molecule has 2 heterocycles. The number of hydrogen-bond donors (Lipinski definition) is 1. The first-order valence-corrected chi connectivity index (χ1v) is 8.61. The molecule has 1 amide bonds. The lowest BCUT2D eigenvalue weighted by molar-refractivity contribution is -0.125. The van der Waals surface area contributed by atoms with Crippen LogP contribution < -0.4 is 5.32 Å². The third-order valence-electron chi connectivity index (χ3n) is 4.34. The fourth-order valence-corrected chi connectivity index (χ4v) is 3.13. The summed E-state index contributed by atoms with van der Waals surface area (Å²) in [6, 6.07) is 6.51. The second-order valence-corrected chi connectivity index (χ2v) is 6.05. The molecule has 1 aliphatic rings. The third-order valence-corrected chi connectivity index (χ3v) is 4.34. The van der Waals surface area contributed by atoms with Crippen molar-refractivity contribution in [3.8, 4) is 11.3 Å². The number of carbonyl (C=O) groups is 1. The zero-order valence-corrected chi connectivity index (χ0v) is 14.1. The summed E-state index contributed by atoms with van der Waals surface area (Å²) in [5, 5.41) is 7.63. The van der Waals surface area contributed by atoms with Crippen LogP contribution >= 0.6 is 0 Å². The third kappa shape index (κ3) is 4.00. The lowest BCUT2D eigenvalue weighted by Gasteiger charge is -2.14. The molecule has 0 saturated heterocycles. The largest absolute Gasteiger partial charge is 0.372 e. The van der Waals surface area contributed by atoms with Crippen LogP contribution in [0.25, 0.3) is 11.3 Å². The van der Waals surface area contributed by atoms with Gasteiger partial charge >= 0.3 is 0 Å². The molecule has 1 aliphatic carbocycles. The lowest BCUT2D eigenvalue weighted by Crippen LogP contribution is -2.27. The Labute approximate surface area is 142 Å². The van der Waals surface area contributed by atoms with E-state index in [0.29, 0.717) is 19.2 Å². The molecule has 0 atom stereocenters. The molecule has 0 bridgehead atoms. The lowest BCUT2D eigenvalue weighted by atomic mass is 10.1. The summed E-state index contributed by atoms with van der Waals surface area (Å²) < 4.78 is 7.25. The second kappa shape index (κ2) is 8.06. The van der Waals surface area contributed by atoms with Crippen molar-refractivity contribution in [1.29, 1.82) is 0 Å². The highest BCUT2D eigenvalue weighted by atomic mass is 16.5. The van der Waals surface area contributed by atoms with E-state index in [2.05, 4.69) is 21.0 Å². The zero-order chi connectivity index (χ0) is 16.8. The van der Waals surface area contributed by atoms with Gasteiger partial charge in [-0.1, -0.05) is 12.8 Å². The molecule has 128 valence electrons. The number of pyridine rings is 1. The molecule has 1 saturated carbocycles. The fraction of sp³-hybridized carbons (Fsp3) is 0.500. The van der Waals surface area contributed by atoms with Crippen LogP contribution in [0.1, 0.15) is 44.3 Å². The van der Waals surface area contributed by atoms with Gasteiger partial charge in [0.2, 0.25) is 5.91 Å². The Hall–Kier alpha value is -2.21. The summed E-state index contributed by atoms with van der Waals surface area (Å²) in [6.45, 7) is 2.92. The molecule has 3 rings (SSSR count). The fourth-order valence-electron chi connectivity index (χ4n) is 3.13. The summed E-state index contributed by atoms with van der Waals surface area (Å²) >= 11 is 0. The predicted molar refractivity (Wildman–Crippen MR) is 91.3 cm³/mol. The standard InChI is InChI=1S/C18H24N4O2/c1-2-24-13-18(23)20-12-15-11-17(14-7-9-19-10-8-14)22(21-15)16-5-3-4-6-16/h7-11,16H,2-6,12-13H2,1H3,(H,20,23). The molecule has 2 aromatic rings. The first-order chi connectivity index (χ1) is 11.8. The van der Waals surface area contributed by atoms with Crippen molar-refractivity contribution in [2.24, 2.45) is 0 Å². The van der Waals surface area contributed by atoms with E-state index in [-0.39, 0.29) is 12.5 Å². The summed E-state index contributed by atoms with van der Waals surface area (Å²) in [5.41, 5.74) is 3.08. The van der Waals surface area contributed by atoms with E-state index >= 15 is 0 Å². The van der Waals surface area contributed by atoms with Crippen molar-refractivity contribution in [1.82, 2.24) is 20.1 Å². The van der Waals surface area contributed by atoms with Crippen LogP contribution in [-0.2, 0) is 16.1 Å². The molecule has 0 radical (unpaired) electrons. The number of amides is 1. The first kappa shape index (κ1) is 16.6. The average molecular weight is 328 g/mol. The van der Waals surface area contributed by atoms with Crippen LogP contribution in [0.15, 0.2) is 30.6 Å². The minimum atomic E-state index is -0.113. The van der Waals surface area contributed by atoms with Gasteiger partial charge in [-0.15, -0.1) is 0 Å². The SMILES string of the molecule is CCOCC(=O)NCc1cc(-c2ccncc2)n(C2CCCC2)n1. The highest BCUT2D eigenvalue weighted by molar-refractivity contribution is 5.77. The van der Waals surface area contributed by atoms with E-state index in [4.69, 9.17) is 9.84 Å². The number of aromatic nitrogens is 3. The summed E-state index contributed by atoms with van der Waals surface area (Å²) in [6.07, 6.45) is 8.42. The zero-order valence-electron chi connectivity index (χ0n) is 14.1. The maximum atomic E-state index is 11.7. The van der Waals surface area contributed by atoms with Crippen molar-refractivity contribution < 1.29 is 9.53 Å². The van der Waals surface area contributed by atoms with Gasteiger partial charge in [-0.05, 0) is 38.0 Å². The van der Waals surface area contributed by atoms with E-state index in [1.54, 1.807) is 12.4 Å². The number of ether oxygens (including phenoxy) is 1. The van der Waals surface area contributed by atoms with Crippen molar-refractivity contribution in [3.05, 3.63) is 36.3 Å². The Bertz CT molecular complexity index is 663. The van der Waals surface area contributed by atoms with Crippen LogP contribution in [0, 0.1) is 0 Å². The first-order valence-electron chi connectivity index (χ1n) is 8.61. The molecule has 6 heteroatoms. The van der Waals surface area contributed by atoms with E-state index in [1.807, 2.05) is 19.1 Å². The highest BCUT2D eigenvalue weighted by Gasteiger charge is 2.22. The van der Waals surface area contributed by atoms with Crippen molar-refractivity contribution in [3.63, 3.8) is 0 Å². The van der Waals surface area contributed by atoms with E-state index in [9.17, 15) is 4.79 Å². The number of rotatable bonds is 7. The average Bonchev–Trinajstić information content (AvgIpc) is 3.28. The van der Waals surface area contributed by atoms with Crippen molar-refractivity contribution in [2.45, 2.75) is 45.2 Å². The monoisotopic (exact) mass is 328 g/mol. The molecule has 6 nitrogen and oxygen atoms in total. The van der Waals surface area contributed by atoms with Gasteiger partial charge < -0.3 is 10.1 Å². The molecule has 0 aromatic carbocycles. The van der Waals surface area contributed by atoms with Crippen LogP contribution in [0.3, 0.4) is 0 Å². The van der Waals surface area contributed by atoms with Gasteiger partial charge in [0.25, 0.3) is 0 Å². The summed E-state index contributed by atoms with van der Waals surface area (Å²) in [5.74, 6) is -0.113. The van der Waals surface area contributed by atoms with Gasteiger partial charge in [0.1, 0.15) is 6.61 Å². The van der Waals surface area contributed by atoms with Gasteiger partial charge in [0.15, 0.2) is 0 Å². The van der Waals surface area contributed by atoms with Crippen LogP contribution in [0.5, 0.6) is 0 Å². The van der Waals surface area contributed by atoms with Crippen LogP contribution in [0.4, 0.5) is 0 Å². The minimum Gasteiger partial charge on any atom is -0.372 e. The predicted octanol–water partition coefficient (Wildman–Crippen LogP) is 2.71. The highest BCUT2D eigenvalue weighted by Crippen LogP contribution is 2.33. The molecule has 0 unspecified atom stereocenters. The van der Waals surface area contributed by atoms with Gasteiger partial charge in [0, 0.05) is 24.6 Å². The van der Waals surface area contributed by atoms with Crippen LogP contribution in [-0.4, -0.2) is 33.9 Å². The molecule has 0 aliphatic heterocycles. The Morgan fingerprint density at radius 1 is 1.33 bits per heavy atom. The van der Waals surface area contributed by atoms with Gasteiger partial charge in [-0.25, -0.2) is 0 Å². The molecule has 0 spiro atoms. The maximum Gasteiger partial charge on any atom is 0.246 e. The number of carbonyl (C=O) groups excluding carboxylic acids is 1. The number of hydrogen-bond acceptors (Lipinski definition) is 4. The normalized spacial score (nSPS) is 14.9. The van der Waals surface area contributed by atoms with Crippen LogP contribution in [0.2, 0.25) is 0 Å². The summed E-state index contributed by atoms with van der Waals surface area (Å²) in [4.78, 5) is 15.8. The van der Waals surface area contributed by atoms with Crippen molar-refractivity contribution >= 4 is 5.91 Å². The van der Waals surface area contributed by atoms with E-state index < -0.39 is 0 Å². The van der Waals surface area contributed by atoms with Crippen molar-refractivity contribution in [2.75, 3.05) is 13.2 Å². The smallest absolute Gasteiger partial charge is 0.246 e. The van der Waals surface area contributed by atoms with Gasteiger partial charge in [-0.3, -0.25) is 14.5 Å². The summed E-state index contributed by atoms with van der Waals surface area (Å²) in [7, 11) is 0. The second-order valence-electron chi connectivity index (χ2n) is 6.05. The Morgan fingerprint density at radius 3 is 2.79 bits per heavy atom. The molecule has 1 N–H and O–H groups in total. The Kier molecular flexibility index (Phi) is 5.59.